The first-order chi connectivity index (χ1) is 9.02. The summed E-state index contributed by atoms with van der Waals surface area (Å²) in [6.07, 6.45) is -0.914. The largest absolute Gasteiger partial charge is 0.413 e. The zero-order valence-electron chi connectivity index (χ0n) is 14.6. The standard InChI is InChI=1S/C12H28O2Si.C3H8O2/c1-9(2)15(10(3)4,11(5)6)14-8-12(7)13;1-3(5)2-4/h9-13H,8H2,1-7H3;3-5H,2H2,1H3/t12-;3-/m11/s1. The lowest BCUT2D eigenvalue weighted by molar-refractivity contribution is 0.110. The van der Waals surface area contributed by atoms with Crippen molar-refractivity contribution in [2.75, 3.05) is 13.2 Å². The van der Waals surface area contributed by atoms with E-state index in [4.69, 9.17) is 14.6 Å². The van der Waals surface area contributed by atoms with Crippen LogP contribution in [0.3, 0.4) is 0 Å². The van der Waals surface area contributed by atoms with E-state index in [9.17, 15) is 5.11 Å². The average Bonchev–Trinajstić information content (AvgIpc) is 2.28. The Morgan fingerprint density at radius 3 is 1.20 bits per heavy atom. The van der Waals surface area contributed by atoms with Gasteiger partial charge in [0.15, 0.2) is 8.32 Å². The molecule has 20 heavy (non-hydrogen) atoms. The van der Waals surface area contributed by atoms with Crippen LogP contribution in [-0.2, 0) is 4.43 Å². The Balaban J connectivity index is 0. The smallest absolute Gasteiger partial charge is 0.200 e. The van der Waals surface area contributed by atoms with Crippen molar-refractivity contribution < 1.29 is 19.7 Å². The van der Waals surface area contributed by atoms with E-state index in [1.54, 1.807) is 6.92 Å². The molecule has 0 spiro atoms. The van der Waals surface area contributed by atoms with Crippen LogP contribution >= 0.6 is 0 Å². The van der Waals surface area contributed by atoms with Gasteiger partial charge in [0.25, 0.3) is 0 Å². The van der Waals surface area contributed by atoms with Crippen LogP contribution in [0.5, 0.6) is 0 Å². The fourth-order valence-corrected chi connectivity index (χ4v) is 8.29. The summed E-state index contributed by atoms with van der Waals surface area (Å²) in [6, 6.07) is 0. The van der Waals surface area contributed by atoms with Crippen molar-refractivity contribution in [2.24, 2.45) is 0 Å². The van der Waals surface area contributed by atoms with Crippen LogP contribution in [0.4, 0.5) is 0 Å². The minimum atomic E-state index is -1.75. The van der Waals surface area contributed by atoms with Gasteiger partial charge in [0.2, 0.25) is 0 Å². The maximum Gasteiger partial charge on any atom is 0.200 e. The van der Waals surface area contributed by atoms with Crippen LogP contribution in [0.1, 0.15) is 55.4 Å². The summed E-state index contributed by atoms with van der Waals surface area (Å²) in [6.45, 7) is 17.2. The van der Waals surface area contributed by atoms with E-state index in [1.807, 2.05) is 0 Å². The van der Waals surface area contributed by atoms with E-state index in [-0.39, 0.29) is 12.7 Å². The first-order valence-electron chi connectivity index (χ1n) is 7.63. The molecule has 0 amide bonds. The lowest BCUT2D eigenvalue weighted by atomic mass is 10.5. The van der Waals surface area contributed by atoms with Crippen molar-refractivity contribution >= 4 is 8.32 Å². The third kappa shape index (κ3) is 7.74. The number of hydrogen-bond donors (Lipinski definition) is 3. The molecule has 2 atom stereocenters. The predicted molar refractivity (Wildman–Crippen MR) is 87.4 cm³/mol. The lowest BCUT2D eigenvalue weighted by Gasteiger charge is -2.42. The molecule has 0 heterocycles. The fraction of sp³-hybridized carbons (Fsp3) is 1.00. The third-order valence-corrected chi connectivity index (χ3v) is 9.63. The van der Waals surface area contributed by atoms with E-state index in [1.165, 1.54) is 6.92 Å². The molecule has 0 unspecified atom stereocenters. The molecule has 0 saturated heterocycles. The Morgan fingerprint density at radius 1 is 0.750 bits per heavy atom. The summed E-state index contributed by atoms with van der Waals surface area (Å²) < 4.78 is 6.16. The lowest BCUT2D eigenvalue weighted by Crippen LogP contribution is -2.48. The Kier molecular flexibility index (Phi) is 12.0. The summed E-state index contributed by atoms with van der Waals surface area (Å²) in [4.78, 5) is 0. The molecular formula is C15H36O4Si. The normalized spacial score (nSPS) is 15.3. The molecule has 0 bridgehead atoms. The van der Waals surface area contributed by atoms with Crippen LogP contribution in [0, 0.1) is 0 Å². The highest BCUT2D eigenvalue weighted by molar-refractivity contribution is 6.77. The third-order valence-electron chi connectivity index (χ3n) is 3.55. The van der Waals surface area contributed by atoms with Gasteiger partial charge in [-0.3, -0.25) is 0 Å². The van der Waals surface area contributed by atoms with Crippen molar-refractivity contribution in [3.63, 3.8) is 0 Å². The van der Waals surface area contributed by atoms with Crippen molar-refractivity contribution in [1.29, 1.82) is 0 Å². The Hall–Kier alpha value is 0.0569. The fourth-order valence-electron chi connectivity index (χ4n) is 2.76. The molecule has 5 heteroatoms. The minimum absolute atomic E-state index is 0.139. The molecule has 0 aliphatic carbocycles. The molecule has 0 aliphatic heterocycles. The first kappa shape index (κ1) is 22.3. The highest BCUT2D eigenvalue weighted by Crippen LogP contribution is 2.42. The van der Waals surface area contributed by atoms with E-state index in [0.29, 0.717) is 23.2 Å². The summed E-state index contributed by atoms with van der Waals surface area (Å²) in [7, 11) is -1.75. The number of hydrogen-bond acceptors (Lipinski definition) is 4. The van der Waals surface area contributed by atoms with Crippen molar-refractivity contribution in [3.8, 4) is 0 Å². The van der Waals surface area contributed by atoms with E-state index in [0.717, 1.165) is 0 Å². The quantitative estimate of drug-likeness (QED) is 0.633. The van der Waals surface area contributed by atoms with Crippen LogP contribution in [0.2, 0.25) is 16.6 Å². The Labute approximate surface area is 126 Å². The second-order valence-corrected chi connectivity index (χ2v) is 12.0. The SMILES string of the molecule is CC(C)[Si](OC[C@@H](C)O)(C(C)C)C(C)C.C[C@@H](O)CO. The molecule has 0 rings (SSSR count). The molecule has 0 aromatic heterocycles. The van der Waals surface area contributed by atoms with Gasteiger partial charge in [-0.25, -0.2) is 0 Å². The van der Waals surface area contributed by atoms with Gasteiger partial charge in [-0.2, -0.15) is 0 Å². The average molecular weight is 309 g/mol. The number of rotatable bonds is 7. The van der Waals surface area contributed by atoms with Crippen LogP contribution in [-0.4, -0.2) is 49.1 Å². The number of aliphatic hydroxyl groups is 3. The van der Waals surface area contributed by atoms with E-state index in [2.05, 4.69) is 41.5 Å². The molecule has 0 aliphatic rings. The second kappa shape index (κ2) is 10.7. The summed E-state index contributed by atoms with van der Waals surface area (Å²) in [5.41, 5.74) is 1.78. The summed E-state index contributed by atoms with van der Waals surface area (Å²) >= 11 is 0. The van der Waals surface area contributed by atoms with Gasteiger partial charge in [0.05, 0.1) is 25.4 Å². The monoisotopic (exact) mass is 308 g/mol. The Bertz CT molecular complexity index is 206. The van der Waals surface area contributed by atoms with Crippen LogP contribution in [0.15, 0.2) is 0 Å². The van der Waals surface area contributed by atoms with Crippen molar-refractivity contribution in [3.05, 3.63) is 0 Å². The van der Waals surface area contributed by atoms with Crippen LogP contribution in [0.25, 0.3) is 0 Å². The van der Waals surface area contributed by atoms with Gasteiger partial charge in [-0.1, -0.05) is 41.5 Å². The molecule has 0 saturated carbocycles. The molecule has 3 N–H and O–H groups in total. The predicted octanol–water partition coefficient (Wildman–Crippen LogP) is 2.92. The molecule has 4 nitrogen and oxygen atoms in total. The van der Waals surface area contributed by atoms with E-state index < -0.39 is 14.4 Å². The first-order valence-corrected chi connectivity index (χ1v) is 9.77. The highest BCUT2D eigenvalue weighted by Gasteiger charge is 2.45. The molecule has 0 fully saturated rings. The van der Waals surface area contributed by atoms with Gasteiger partial charge in [0, 0.05) is 0 Å². The summed E-state index contributed by atoms with van der Waals surface area (Å²) in [5, 5.41) is 25.4. The Morgan fingerprint density at radius 2 is 1.05 bits per heavy atom. The maximum absolute atomic E-state index is 9.36. The zero-order valence-corrected chi connectivity index (χ0v) is 15.6. The second-order valence-electron chi connectivity index (χ2n) is 6.51. The maximum atomic E-state index is 9.36. The topological polar surface area (TPSA) is 69.9 Å². The van der Waals surface area contributed by atoms with Crippen molar-refractivity contribution in [2.45, 2.75) is 84.2 Å². The number of aliphatic hydroxyl groups excluding tert-OH is 3. The molecule has 0 radical (unpaired) electrons. The molecule has 124 valence electrons. The summed E-state index contributed by atoms with van der Waals surface area (Å²) in [5.74, 6) is 0. The van der Waals surface area contributed by atoms with E-state index >= 15 is 0 Å². The van der Waals surface area contributed by atoms with Gasteiger partial charge in [-0.05, 0) is 30.5 Å². The minimum Gasteiger partial charge on any atom is -0.413 e. The zero-order chi connectivity index (χ0) is 16.5. The molecule has 0 aromatic carbocycles. The molecule has 0 aromatic rings. The molecular weight excluding hydrogens is 272 g/mol. The highest BCUT2D eigenvalue weighted by atomic mass is 28.4. The van der Waals surface area contributed by atoms with Crippen LogP contribution < -0.4 is 0 Å². The van der Waals surface area contributed by atoms with Gasteiger partial charge in [0.1, 0.15) is 0 Å². The van der Waals surface area contributed by atoms with Gasteiger partial charge >= 0.3 is 0 Å². The van der Waals surface area contributed by atoms with Crippen molar-refractivity contribution in [1.82, 2.24) is 0 Å². The van der Waals surface area contributed by atoms with Gasteiger partial charge in [-0.15, -0.1) is 0 Å². The van der Waals surface area contributed by atoms with Gasteiger partial charge < -0.3 is 19.7 Å².